The van der Waals surface area contributed by atoms with Gasteiger partial charge in [-0.3, -0.25) is 14.6 Å². The normalized spacial score (nSPS) is 11.5. The van der Waals surface area contributed by atoms with Gasteiger partial charge in [-0.2, -0.15) is 0 Å². The minimum atomic E-state index is -0.909. The molecule has 0 fully saturated rings. The zero-order valence-corrected chi connectivity index (χ0v) is 24.2. The number of fused-ring (bicyclic) bond motifs is 1. The molecule has 44 heavy (non-hydrogen) atoms. The topological polar surface area (TPSA) is 119 Å². The van der Waals surface area contributed by atoms with Crippen molar-refractivity contribution in [1.82, 2.24) is 10.3 Å². The van der Waals surface area contributed by atoms with E-state index in [1.807, 2.05) is 48.5 Å². The third-order valence-electron chi connectivity index (χ3n) is 6.92. The minimum Gasteiger partial charge on any atom is -0.493 e. The average molecular weight is 592 g/mol. The SMILES string of the molecule is COc1cc2c(Oc3ccc(NC(=O)c4ccccc4)cc3)ccnc2cc1OCCCCN[C@H](C(=O)O)c1ccccc1. The van der Waals surface area contributed by atoms with Crippen LogP contribution in [0, 0.1) is 0 Å². The third kappa shape index (κ3) is 7.70. The van der Waals surface area contributed by atoms with Crippen molar-refractivity contribution in [2.75, 3.05) is 25.6 Å². The Hall–Kier alpha value is -5.41. The number of pyridine rings is 1. The number of hydrogen-bond donors (Lipinski definition) is 3. The number of rotatable bonds is 14. The van der Waals surface area contributed by atoms with Crippen LogP contribution in [0.4, 0.5) is 5.69 Å². The second-order valence-corrected chi connectivity index (χ2v) is 9.97. The van der Waals surface area contributed by atoms with E-state index in [-0.39, 0.29) is 5.91 Å². The first-order chi connectivity index (χ1) is 21.5. The molecule has 0 aliphatic carbocycles. The Morgan fingerprint density at radius 1 is 0.841 bits per heavy atom. The molecule has 0 bridgehead atoms. The number of ether oxygens (including phenoxy) is 3. The van der Waals surface area contributed by atoms with E-state index >= 15 is 0 Å². The summed E-state index contributed by atoms with van der Waals surface area (Å²) in [6.07, 6.45) is 3.12. The number of carbonyl (C=O) groups is 2. The highest BCUT2D eigenvalue weighted by Crippen LogP contribution is 2.37. The van der Waals surface area contributed by atoms with Crippen molar-refractivity contribution in [1.29, 1.82) is 0 Å². The lowest BCUT2D eigenvalue weighted by Gasteiger charge is -2.15. The number of nitrogens with one attached hydrogen (secondary N) is 2. The van der Waals surface area contributed by atoms with Crippen molar-refractivity contribution in [3.8, 4) is 23.0 Å². The molecule has 3 N–H and O–H groups in total. The number of aromatic nitrogens is 1. The number of carbonyl (C=O) groups excluding carboxylic acids is 1. The zero-order valence-electron chi connectivity index (χ0n) is 24.2. The molecule has 0 unspecified atom stereocenters. The maximum absolute atomic E-state index is 12.4. The molecule has 0 aliphatic rings. The van der Waals surface area contributed by atoms with E-state index in [4.69, 9.17) is 14.2 Å². The molecule has 0 spiro atoms. The van der Waals surface area contributed by atoms with E-state index in [1.165, 1.54) is 0 Å². The van der Waals surface area contributed by atoms with Gasteiger partial charge in [0.15, 0.2) is 11.5 Å². The quantitative estimate of drug-likeness (QED) is 0.120. The van der Waals surface area contributed by atoms with Crippen LogP contribution in [0.2, 0.25) is 0 Å². The van der Waals surface area contributed by atoms with Crippen LogP contribution in [-0.4, -0.2) is 42.2 Å². The first-order valence-corrected chi connectivity index (χ1v) is 14.3. The highest BCUT2D eigenvalue weighted by atomic mass is 16.5. The molecular weight excluding hydrogens is 558 g/mol. The number of carboxylic acids is 1. The van der Waals surface area contributed by atoms with E-state index in [0.717, 1.165) is 17.4 Å². The van der Waals surface area contributed by atoms with Crippen molar-refractivity contribution < 1.29 is 28.9 Å². The molecule has 0 saturated heterocycles. The number of amides is 1. The molecule has 1 amide bonds. The highest BCUT2D eigenvalue weighted by Gasteiger charge is 2.18. The summed E-state index contributed by atoms with van der Waals surface area (Å²) in [5.74, 6) is 1.20. The van der Waals surface area contributed by atoms with Gasteiger partial charge in [-0.1, -0.05) is 48.5 Å². The maximum atomic E-state index is 12.4. The van der Waals surface area contributed by atoms with Crippen molar-refractivity contribution >= 4 is 28.5 Å². The molecule has 5 rings (SSSR count). The fraction of sp³-hybridized carbons (Fsp3) is 0.171. The van der Waals surface area contributed by atoms with Gasteiger partial charge >= 0.3 is 5.97 Å². The van der Waals surface area contributed by atoms with Crippen LogP contribution in [0.5, 0.6) is 23.0 Å². The fourth-order valence-electron chi connectivity index (χ4n) is 4.66. The third-order valence-corrected chi connectivity index (χ3v) is 6.92. The first-order valence-electron chi connectivity index (χ1n) is 14.3. The average Bonchev–Trinajstić information content (AvgIpc) is 3.05. The highest BCUT2D eigenvalue weighted by molar-refractivity contribution is 6.04. The lowest BCUT2D eigenvalue weighted by Crippen LogP contribution is -2.29. The number of hydrogen-bond acceptors (Lipinski definition) is 7. The Labute approximate surface area is 255 Å². The molecule has 0 aliphatic heterocycles. The Bertz CT molecular complexity index is 1700. The van der Waals surface area contributed by atoms with Crippen LogP contribution in [0.25, 0.3) is 10.9 Å². The summed E-state index contributed by atoms with van der Waals surface area (Å²) < 4.78 is 17.8. The van der Waals surface area contributed by atoms with Gasteiger partial charge in [-0.15, -0.1) is 0 Å². The Balaban J connectivity index is 1.17. The van der Waals surface area contributed by atoms with Crippen LogP contribution in [0.1, 0.15) is 34.8 Å². The van der Waals surface area contributed by atoms with Gasteiger partial charge in [0.1, 0.15) is 17.5 Å². The number of benzene rings is 4. The molecule has 9 nitrogen and oxygen atoms in total. The van der Waals surface area contributed by atoms with Gasteiger partial charge < -0.3 is 30.0 Å². The van der Waals surface area contributed by atoms with E-state index in [9.17, 15) is 14.7 Å². The molecule has 4 aromatic carbocycles. The largest absolute Gasteiger partial charge is 0.493 e. The van der Waals surface area contributed by atoms with Crippen molar-refractivity contribution in [2.24, 2.45) is 0 Å². The van der Waals surface area contributed by atoms with Crippen LogP contribution >= 0.6 is 0 Å². The number of anilines is 1. The van der Waals surface area contributed by atoms with Crippen LogP contribution in [-0.2, 0) is 4.79 Å². The smallest absolute Gasteiger partial charge is 0.325 e. The molecule has 1 heterocycles. The Kier molecular flexibility index (Phi) is 10.0. The van der Waals surface area contributed by atoms with Gasteiger partial charge in [0.05, 0.1) is 19.2 Å². The Morgan fingerprint density at radius 3 is 2.27 bits per heavy atom. The molecule has 1 atom stereocenters. The number of nitrogens with zero attached hydrogens (tertiary/aromatic N) is 1. The number of carboxylic acid groups (broad SMARTS) is 1. The molecule has 5 aromatic rings. The molecular formula is C35H33N3O6. The van der Waals surface area contributed by atoms with E-state index in [1.54, 1.807) is 67.9 Å². The van der Waals surface area contributed by atoms with Gasteiger partial charge in [0.25, 0.3) is 5.91 Å². The monoisotopic (exact) mass is 591 g/mol. The summed E-state index contributed by atoms with van der Waals surface area (Å²) in [5.41, 5.74) is 2.64. The molecule has 9 heteroatoms. The van der Waals surface area contributed by atoms with Gasteiger partial charge in [-0.05, 0) is 73.5 Å². The maximum Gasteiger partial charge on any atom is 0.325 e. The van der Waals surface area contributed by atoms with Crippen molar-refractivity contribution in [3.05, 3.63) is 120 Å². The van der Waals surface area contributed by atoms with Crippen LogP contribution in [0.3, 0.4) is 0 Å². The first kappa shape index (κ1) is 30.1. The standard InChI is InChI=1S/C35H33N3O6/c1-42-31-22-28-29(23-32(31)43-21-9-8-19-37-33(35(40)41)24-10-4-2-5-11-24)36-20-18-30(28)44-27-16-14-26(15-17-27)38-34(39)25-12-6-3-7-13-25/h2-7,10-18,20,22-23,33,37H,8-9,19,21H2,1H3,(H,38,39)(H,40,41)/t33-/m0/s1. The summed E-state index contributed by atoms with van der Waals surface area (Å²) in [5, 5.41) is 16.3. The number of unbranched alkanes of at least 4 members (excludes halogenated alkanes) is 1. The zero-order chi connectivity index (χ0) is 30.7. The molecule has 0 radical (unpaired) electrons. The molecule has 224 valence electrons. The second kappa shape index (κ2) is 14.7. The van der Waals surface area contributed by atoms with E-state index in [0.29, 0.717) is 59.3 Å². The summed E-state index contributed by atoms with van der Waals surface area (Å²) in [7, 11) is 1.58. The summed E-state index contributed by atoms with van der Waals surface area (Å²) in [6.45, 7) is 0.961. The lowest BCUT2D eigenvalue weighted by molar-refractivity contribution is -0.139. The van der Waals surface area contributed by atoms with Crippen LogP contribution < -0.4 is 24.8 Å². The van der Waals surface area contributed by atoms with Gasteiger partial charge in [-0.25, -0.2) is 0 Å². The summed E-state index contributed by atoms with van der Waals surface area (Å²) >= 11 is 0. The van der Waals surface area contributed by atoms with Gasteiger partial charge in [0.2, 0.25) is 0 Å². The summed E-state index contributed by atoms with van der Waals surface area (Å²) in [6, 6.07) is 30.0. The predicted molar refractivity (Wildman–Crippen MR) is 169 cm³/mol. The van der Waals surface area contributed by atoms with Crippen molar-refractivity contribution in [3.63, 3.8) is 0 Å². The fourth-order valence-corrected chi connectivity index (χ4v) is 4.66. The van der Waals surface area contributed by atoms with Crippen LogP contribution in [0.15, 0.2) is 109 Å². The van der Waals surface area contributed by atoms with E-state index in [2.05, 4.69) is 15.6 Å². The second-order valence-electron chi connectivity index (χ2n) is 9.97. The van der Waals surface area contributed by atoms with Gasteiger partial charge in [0, 0.05) is 28.9 Å². The predicted octanol–water partition coefficient (Wildman–Crippen LogP) is 6.86. The Morgan fingerprint density at radius 2 is 1.57 bits per heavy atom. The summed E-state index contributed by atoms with van der Waals surface area (Å²) in [4.78, 5) is 28.6. The lowest BCUT2D eigenvalue weighted by atomic mass is 10.1. The number of methoxy groups -OCH3 is 1. The number of aliphatic carboxylic acids is 1. The molecule has 0 saturated carbocycles. The minimum absolute atomic E-state index is 0.184. The van der Waals surface area contributed by atoms with E-state index < -0.39 is 12.0 Å². The van der Waals surface area contributed by atoms with Crippen molar-refractivity contribution in [2.45, 2.75) is 18.9 Å². The molecule has 1 aromatic heterocycles.